The van der Waals surface area contributed by atoms with Crippen LogP contribution in [0.15, 0.2) is 36.4 Å². The third-order valence-corrected chi connectivity index (χ3v) is 4.63. The highest BCUT2D eigenvalue weighted by molar-refractivity contribution is 5.47. The van der Waals surface area contributed by atoms with Gasteiger partial charge in [-0.05, 0) is 43.4 Å². The first-order chi connectivity index (χ1) is 10.3. The lowest BCUT2D eigenvalue weighted by atomic mass is 10.1. The summed E-state index contributed by atoms with van der Waals surface area (Å²) in [6.07, 6.45) is 9.34. The molecule has 0 unspecified atom stereocenters. The molecule has 1 aliphatic heterocycles. The first kappa shape index (κ1) is 14.6. The van der Waals surface area contributed by atoms with Crippen molar-refractivity contribution in [3.05, 3.63) is 42.0 Å². The number of benzene rings is 1. The molecule has 1 saturated heterocycles. The van der Waals surface area contributed by atoms with Gasteiger partial charge in [-0.25, -0.2) is 0 Å². The van der Waals surface area contributed by atoms with Gasteiger partial charge in [-0.3, -0.25) is 0 Å². The third kappa shape index (κ3) is 3.86. The maximum Gasteiger partial charge on any atom is 0.0494 e. The van der Waals surface area contributed by atoms with Gasteiger partial charge in [0.25, 0.3) is 0 Å². The van der Waals surface area contributed by atoms with Crippen molar-refractivity contribution in [2.45, 2.75) is 38.3 Å². The summed E-state index contributed by atoms with van der Waals surface area (Å²) in [4.78, 5) is 2.49. The Morgan fingerprint density at radius 2 is 1.81 bits per heavy atom. The van der Waals surface area contributed by atoms with Crippen molar-refractivity contribution in [1.29, 1.82) is 0 Å². The number of rotatable bonds is 5. The van der Waals surface area contributed by atoms with Crippen LogP contribution in [-0.2, 0) is 6.54 Å². The zero-order chi connectivity index (χ0) is 14.5. The molecule has 0 spiro atoms. The number of nitrogens with zero attached hydrogens (tertiary/aromatic N) is 1. The molecule has 1 aliphatic carbocycles. The van der Waals surface area contributed by atoms with E-state index in [1.54, 1.807) is 0 Å². The first-order valence-electron chi connectivity index (χ1n) is 8.21. The van der Waals surface area contributed by atoms with E-state index in [-0.39, 0.29) is 6.61 Å². The monoisotopic (exact) mass is 286 g/mol. The zero-order valence-corrected chi connectivity index (χ0v) is 12.7. The second kappa shape index (κ2) is 7.10. The second-order valence-corrected chi connectivity index (χ2v) is 6.26. The van der Waals surface area contributed by atoms with Crippen LogP contribution in [0, 0.1) is 5.92 Å². The summed E-state index contributed by atoms with van der Waals surface area (Å²) < 4.78 is 0. The number of aliphatic hydroxyl groups excluding tert-OH is 1. The van der Waals surface area contributed by atoms with Crippen LogP contribution in [0.25, 0.3) is 0 Å². The number of hydrogen-bond donors (Lipinski definition) is 2. The molecule has 0 saturated carbocycles. The summed E-state index contributed by atoms with van der Waals surface area (Å²) in [5.74, 6) is 0.337. The van der Waals surface area contributed by atoms with Crippen molar-refractivity contribution in [2.75, 3.05) is 24.6 Å². The van der Waals surface area contributed by atoms with Gasteiger partial charge in [0, 0.05) is 43.9 Å². The fourth-order valence-corrected chi connectivity index (χ4v) is 3.29. The Hall–Kier alpha value is -1.32. The average Bonchev–Trinajstić information content (AvgIpc) is 3.02. The first-order valence-corrected chi connectivity index (χ1v) is 8.21. The topological polar surface area (TPSA) is 35.5 Å². The molecule has 1 heterocycles. The highest BCUT2D eigenvalue weighted by Crippen LogP contribution is 2.21. The fourth-order valence-electron chi connectivity index (χ4n) is 3.29. The van der Waals surface area contributed by atoms with Gasteiger partial charge in [0.05, 0.1) is 0 Å². The Morgan fingerprint density at radius 1 is 1.05 bits per heavy atom. The molecule has 1 fully saturated rings. The number of hydrogen-bond acceptors (Lipinski definition) is 3. The normalized spacial score (nSPS) is 25.5. The smallest absolute Gasteiger partial charge is 0.0494 e. The Bertz CT molecular complexity index is 463. The molecule has 21 heavy (non-hydrogen) atoms. The van der Waals surface area contributed by atoms with Crippen molar-refractivity contribution >= 4 is 5.69 Å². The van der Waals surface area contributed by atoms with Crippen LogP contribution in [0.1, 0.15) is 31.2 Å². The number of piperidine rings is 1. The Balaban J connectivity index is 1.49. The van der Waals surface area contributed by atoms with Crippen LogP contribution >= 0.6 is 0 Å². The van der Waals surface area contributed by atoms with Crippen LogP contribution in [-0.4, -0.2) is 30.8 Å². The zero-order valence-electron chi connectivity index (χ0n) is 12.7. The molecule has 0 amide bonds. The van der Waals surface area contributed by atoms with E-state index in [2.05, 4.69) is 46.6 Å². The van der Waals surface area contributed by atoms with Gasteiger partial charge in [-0.2, -0.15) is 0 Å². The maximum atomic E-state index is 9.14. The highest BCUT2D eigenvalue weighted by Gasteiger charge is 2.17. The largest absolute Gasteiger partial charge is 0.396 e. The lowest BCUT2D eigenvalue weighted by Gasteiger charge is -2.28. The van der Waals surface area contributed by atoms with Gasteiger partial charge in [0.2, 0.25) is 0 Å². The molecule has 0 bridgehead atoms. The van der Waals surface area contributed by atoms with Crippen molar-refractivity contribution in [2.24, 2.45) is 5.92 Å². The molecule has 0 aromatic heterocycles. The standard InChI is InChI=1S/C18H26N2O/c21-14-16-4-7-17(12-16)19-13-15-5-8-18(9-6-15)20-10-2-1-3-11-20/h4-9,16-17,19,21H,1-3,10-14H2/t16-,17+/m0/s1. The Morgan fingerprint density at radius 3 is 2.48 bits per heavy atom. The third-order valence-electron chi connectivity index (χ3n) is 4.63. The predicted octanol–water partition coefficient (Wildman–Crippen LogP) is 2.70. The van der Waals surface area contributed by atoms with Gasteiger partial charge in [0.15, 0.2) is 0 Å². The minimum absolute atomic E-state index is 0.263. The number of anilines is 1. The highest BCUT2D eigenvalue weighted by atomic mass is 16.3. The minimum atomic E-state index is 0.263. The molecule has 2 aliphatic rings. The van der Waals surface area contributed by atoms with E-state index >= 15 is 0 Å². The van der Waals surface area contributed by atoms with Gasteiger partial charge >= 0.3 is 0 Å². The van der Waals surface area contributed by atoms with Gasteiger partial charge in [-0.1, -0.05) is 24.3 Å². The van der Waals surface area contributed by atoms with Crippen molar-refractivity contribution in [3.63, 3.8) is 0 Å². The SMILES string of the molecule is OC[C@H]1C=C[C@@H](NCc2ccc(N3CCCCC3)cc2)C1. The summed E-state index contributed by atoms with van der Waals surface area (Å²) in [6.45, 7) is 3.56. The molecule has 1 aromatic carbocycles. The van der Waals surface area contributed by atoms with Crippen molar-refractivity contribution in [1.82, 2.24) is 5.32 Å². The quantitative estimate of drug-likeness (QED) is 0.817. The predicted molar refractivity (Wildman–Crippen MR) is 87.5 cm³/mol. The van der Waals surface area contributed by atoms with Gasteiger partial charge in [0.1, 0.15) is 0 Å². The van der Waals surface area contributed by atoms with Gasteiger partial charge in [-0.15, -0.1) is 0 Å². The van der Waals surface area contributed by atoms with Crippen LogP contribution in [0.4, 0.5) is 5.69 Å². The van der Waals surface area contributed by atoms with E-state index in [1.165, 1.54) is 43.6 Å². The van der Waals surface area contributed by atoms with Gasteiger partial charge < -0.3 is 15.3 Å². The van der Waals surface area contributed by atoms with E-state index in [9.17, 15) is 0 Å². The summed E-state index contributed by atoms with van der Waals surface area (Å²) in [6, 6.07) is 9.38. The summed E-state index contributed by atoms with van der Waals surface area (Å²) in [5, 5.41) is 12.7. The lowest BCUT2D eigenvalue weighted by Crippen LogP contribution is -2.29. The fraction of sp³-hybridized carbons (Fsp3) is 0.556. The van der Waals surface area contributed by atoms with Crippen LogP contribution in [0.2, 0.25) is 0 Å². The molecule has 3 rings (SSSR count). The van der Waals surface area contributed by atoms with Crippen LogP contribution < -0.4 is 10.2 Å². The van der Waals surface area contributed by atoms with Crippen molar-refractivity contribution in [3.8, 4) is 0 Å². The molecule has 3 nitrogen and oxygen atoms in total. The van der Waals surface area contributed by atoms with E-state index in [0.29, 0.717) is 12.0 Å². The minimum Gasteiger partial charge on any atom is -0.396 e. The summed E-state index contributed by atoms with van der Waals surface area (Å²) >= 11 is 0. The lowest BCUT2D eigenvalue weighted by molar-refractivity contribution is 0.246. The molecule has 3 heteroatoms. The Kier molecular flexibility index (Phi) is 4.94. The van der Waals surface area contributed by atoms with E-state index < -0.39 is 0 Å². The molecule has 114 valence electrons. The number of aliphatic hydroxyl groups is 1. The average molecular weight is 286 g/mol. The maximum absolute atomic E-state index is 9.14. The van der Waals surface area contributed by atoms with Crippen LogP contribution in [0.3, 0.4) is 0 Å². The van der Waals surface area contributed by atoms with E-state index in [4.69, 9.17) is 5.11 Å². The van der Waals surface area contributed by atoms with Crippen molar-refractivity contribution < 1.29 is 5.11 Å². The molecule has 2 N–H and O–H groups in total. The molecular formula is C18H26N2O. The number of nitrogens with one attached hydrogen (secondary N) is 1. The summed E-state index contributed by atoms with van der Waals surface area (Å²) in [5.41, 5.74) is 2.69. The molecular weight excluding hydrogens is 260 g/mol. The molecule has 2 atom stereocenters. The second-order valence-electron chi connectivity index (χ2n) is 6.26. The molecule has 1 aromatic rings. The Labute approximate surface area is 127 Å². The van der Waals surface area contributed by atoms with E-state index in [1.807, 2.05) is 0 Å². The van der Waals surface area contributed by atoms with E-state index in [0.717, 1.165) is 13.0 Å². The molecule has 0 radical (unpaired) electrons. The summed E-state index contributed by atoms with van der Waals surface area (Å²) in [7, 11) is 0. The van der Waals surface area contributed by atoms with Crippen LogP contribution in [0.5, 0.6) is 0 Å².